The Kier molecular flexibility index (Phi) is 7.26. The zero-order chi connectivity index (χ0) is 27.8. The van der Waals surface area contributed by atoms with Gasteiger partial charge in [-0.15, -0.1) is 0 Å². The van der Waals surface area contributed by atoms with Gasteiger partial charge in [-0.25, -0.2) is 4.79 Å². The number of aryl methyl sites for hydroxylation is 4. The lowest BCUT2D eigenvalue weighted by molar-refractivity contribution is 0.0683. The van der Waals surface area contributed by atoms with Crippen LogP contribution in [0.2, 0.25) is 5.02 Å². The van der Waals surface area contributed by atoms with E-state index in [1.54, 1.807) is 0 Å². The maximum Gasteiger partial charge on any atom is 0.352 e. The van der Waals surface area contributed by atoms with Crippen molar-refractivity contribution in [3.63, 3.8) is 0 Å². The predicted molar refractivity (Wildman–Crippen MR) is 158 cm³/mol. The van der Waals surface area contributed by atoms with E-state index in [2.05, 4.69) is 11.2 Å². The highest BCUT2D eigenvalue weighted by Crippen LogP contribution is 2.39. The Balaban J connectivity index is 1.38. The third-order valence-corrected chi connectivity index (χ3v) is 8.03. The van der Waals surface area contributed by atoms with Crippen LogP contribution < -0.4 is 4.74 Å². The van der Waals surface area contributed by atoms with Crippen molar-refractivity contribution in [2.45, 2.75) is 45.8 Å². The lowest BCUT2D eigenvalue weighted by Gasteiger charge is -2.12. The number of halogens is 1. The summed E-state index contributed by atoms with van der Waals surface area (Å²) >= 11 is 6.17. The van der Waals surface area contributed by atoms with Gasteiger partial charge in [-0.1, -0.05) is 41.9 Å². The van der Waals surface area contributed by atoms with Crippen molar-refractivity contribution in [3.8, 4) is 16.9 Å². The van der Waals surface area contributed by atoms with Gasteiger partial charge < -0.3 is 19.1 Å². The van der Waals surface area contributed by atoms with Gasteiger partial charge in [-0.3, -0.25) is 4.68 Å². The van der Waals surface area contributed by atoms with Crippen LogP contribution in [-0.4, -0.2) is 38.6 Å². The van der Waals surface area contributed by atoms with Gasteiger partial charge in [0.25, 0.3) is 0 Å². The molecular formula is C32H32ClN3O4. The van der Waals surface area contributed by atoms with Gasteiger partial charge in [-0.05, 0) is 67.8 Å². The van der Waals surface area contributed by atoms with Gasteiger partial charge in [0.15, 0.2) is 0 Å². The third-order valence-electron chi connectivity index (χ3n) is 7.79. The highest BCUT2D eigenvalue weighted by Gasteiger charge is 2.27. The Morgan fingerprint density at radius 2 is 1.98 bits per heavy atom. The fourth-order valence-corrected chi connectivity index (χ4v) is 6.23. The fraction of sp³-hybridized carbons (Fsp3) is 0.312. The molecule has 0 saturated heterocycles. The second-order valence-electron chi connectivity index (χ2n) is 10.3. The van der Waals surface area contributed by atoms with Crippen LogP contribution in [0.15, 0.2) is 54.6 Å². The van der Waals surface area contributed by atoms with Gasteiger partial charge >= 0.3 is 5.97 Å². The summed E-state index contributed by atoms with van der Waals surface area (Å²) in [6, 6.07) is 17.8. The van der Waals surface area contributed by atoms with Crippen LogP contribution in [0.5, 0.6) is 5.75 Å². The molecule has 0 saturated carbocycles. The molecule has 7 nitrogen and oxygen atoms in total. The summed E-state index contributed by atoms with van der Waals surface area (Å²) in [5, 5.41) is 18.8. The molecule has 5 aromatic rings. The number of aromatic carboxylic acids is 1. The lowest BCUT2D eigenvalue weighted by atomic mass is 9.98. The smallest absolute Gasteiger partial charge is 0.352 e. The number of benzene rings is 3. The van der Waals surface area contributed by atoms with E-state index in [1.807, 2.05) is 71.8 Å². The fourth-order valence-electron chi connectivity index (χ4n) is 6.05. The molecule has 8 heteroatoms. The first kappa shape index (κ1) is 26.4. The molecule has 1 aliphatic heterocycles. The predicted octanol–water partition coefficient (Wildman–Crippen LogP) is 7.18. The van der Waals surface area contributed by atoms with Crippen LogP contribution in [0.4, 0.5) is 0 Å². The molecule has 0 bridgehead atoms. The average Bonchev–Trinajstić information content (AvgIpc) is 3.39. The van der Waals surface area contributed by atoms with E-state index in [0.29, 0.717) is 49.9 Å². The molecule has 0 radical (unpaired) electrons. The number of hydrogen-bond donors (Lipinski definition) is 1. The van der Waals surface area contributed by atoms with Crippen LogP contribution >= 0.6 is 11.6 Å². The summed E-state index contributed by atoms with van der Waals surface area (Å²) in [4.78, 5) is 12.8. The van der Waals surface area contributed by atoms with Gasteiger partial charge in [0, 0.05) is 47.1 Å². The number of carboxylic acid groups (broad SMARTS) is 1. The first-order valence-corrected chi connectivity index (χ1v) is 14.1. The molecule has 2 aromatic heterocycles. The minimum atomic E-state index is -0.904. The normalized spacial score (nSPS) is 13.8. The summed E-state index contributed by atoms with van der Waals surface area (Å²) in [7, 11) is 1.94. The number of aromatic nitrogens is 3. The Bertz CT molecular complexity index is 1740. The van der Waals surface area contributed by atoms with E-state index in [4.69, 9.17) is 21.1 Å². The molecule has 1 N–H and O–H groups in total. The monoisotopic (exact) mass is 557 g/mol. The van der Waals surface area contributed by atoms with E-state index in [9.17, 15) is 9.90 Å². The molecule has 0 fully saturated rings. The molecule has 0 unspecified atom stereocenters. The van der Waals surface area contributed by atoms with E-state index in [0.717, 1.165) is 68.3 Å². The van der Waals surface area contributed by atoms with Crippen molar-refractivity contribution in [3.05, 3.63) is 82.3 Å². The third kappa shape index (κ3) is 4.73. The number of fused-ring (bicyclic) bond motifs is 3. The second-order valence-corrected chi connectivity index (χ2v) is 10.8. The molecule has 3 heterocycles. The van der Waals surface area contributed by atoms with Crippen molar-refractivity contribution < 1.29 is 19.4 Å². The number of nitrogens with zero attached hydrogens (tertiary/aromatic N) is 3. The molecule has 0 amide bonds. The zero-order valence-corrected chi connectivity index (χ0v) is 23.5. The molecule has 3 aromatic carbocycles. The molecule has 0 aliphatic carbocycles. The standard InChI is InChI=1S/C32H32ClN3O4/c1-20-29-26-10-6-9-24-25(11-7-17-40-28-12-5-8-21-18-22(33)13-14-23(21)28)31(32(37)38)36(30(24)26)15-3-4-16-39-19-27(29)35(2)34-20/h5-6,8-10,12-14,18H,3-4,7,11,15-17,19H2,1-2H3,(H,37,38). The van der Waals surface area contributed by atoms with Crippen LogP contribution in [0.25, 0.3) is 32.8 Å². The van der Waals surface area contributed by atoms with Crippen LogP contribution in [0, 0.1) is 6.92 Å². The first-order valence-electron chi connectivity index (χ1n) is 13.7. The molecule has 6 rings (SSSR count). The van der Waals surface area contributed by atoms with Crippen molar-refractivity contribution in [2.75, 3.05) is 13.2 Å². The van der Waals surface area contributed by atoms with Gasteiger partial charge in [0.05, 0.1) is 30.1 Å². The molecule has 40 heavy (non-hydrogen) atoms. The minimum Gasteiger partial charge on any atom is -0.493 e. The number of carboxylic acids is 1. The number of ether oxygens (including phenoxy) is 2. The first-order chi connectivity index (χ1) is 19.4. The maximum atomic E-state index is 12.8. The summed E-state index contributed by atoms with van der Waals surface area (Å²) in [5.74, 6) is -0.105. The largest absolute Gasteiger partial charge is 0.493 e. The number of hydrogen-bond acceptors (Lipinski definition) is 4. The zero-order valence-electron chi connectivity index (χ0n) is 22.7. The molecule has 0 atom stereocenters. The van der Waals surface area contributed by atoms with Gasteiger partial charge in [0.2, 0.25) is 0 Å². The number of carbonyl (C=O) groups is 1. The van der Waals surface area contributed by atoms with Crippen LogP contribution in [0.1, 0.15) is 46.7 Å². The Labute approximate surface area is 237 Å². The molecular weight excluding hydrogens is 526 g/mol. The van der Waals surface area contributed by atoms with Crippen molar-refractivity contribution >= 4 is 39.2 Å². The number of rotatable bonds is 6. The van der Waals surface area contributed by atoms with E-state index < -0.39 is 5.97 Å². The van der Waals surface area contributed by atoms with Gasteiger partial charge in [-0.2, -0.15) is 5.10 Å². The van der Waals surface area contributed by atoms with E-state index in [-0.39, 0.29) is 0 Å². The summed E-state index contributed by atoms with van der Waals surface area (Å²) in [6.07, 6.45) is 2.96. The van der Waals surface area contributed by atoms with E-state index in [1.165, 1.54) is 0 Å². The quantitative estimate of drug-likeness (QED) is 0.224. The maximum absolute atomic E-state index is 12.8. The Morgan fingerprint density at radius 1 is 1.12 bits per heavy atom. The average molecular weight is 558 g/mol. The van der Waals surface area contributed by atoms with Crippen molar-refractivity contribution in [1.29, 1.82) is 0 Å². The van der Waals surface area contributed by atoms with Crippen molar-refractivity contribution in [1.82, 2.24) is 14.3 Å². The topological polar surface area (TPSA) is 78.5 Å². The van der Waals surface area contributed by atoms with Gasteiger partial charge in [0.1, 0.15) is 11.4 Å². The Hall–Kier alpha value is -3.81. The summed E-state index contributed by atoms with van der Waals surface area (Å²) in [5.41, 5.74) is 6.12. The van der Waals surface area contributed by atoms with Crippen LogP contribution in [0.3, 0.4) is 0 Å². The highest BCUT2D eigenvalue weighted by molar-refractivity contribution is 6.31. The molecule has 0 spiro atoms. The minimum absolute atomic E-state index is 0.366. The Morgan fingerprint density at radius 3 is 2.83 bits per heavy atom. The molecule has 1 aliphatic rings. The van der Waals surface area contributed by atoms with Crippen molar-refractivity contribution in [2.24, 2.45) is 7.05 Å². The second kappa shape index (κ2) is 11.0. The number of para-hydroxylation sites is 1. The highest BCUT2D eigenvalue weighted by atomic mass is 35.5. The molecule has 206 valence electrons. The van der Waals surface area contributed by atoms with E-state index >= 15 is 0 Å². The summed E-state index contributed by atoms with van der Waals surface area (Å²) in [6.45, 7) is 4.18. The summed E-state index contributed by atoms with van der Waals surface area (Å²) < 4.78 is 16.1. The van der Waals surface area contributed by atoms with Crippen LogP contribution in [-0.2, 0) is 31.4 Å². The SMILES string of the molecule is Cc1nn(C)c2c1-c1cccc3c(CCCOc4cccc5cc(Cl)ccc45)c(C(=O)O)n(c13)CCCCOC2. The lowest BCUT2D eigenvalue weighted by Crippen LogP contribution is -2.12.